The SMILES string of the molecule is CSC1CCC(N2C(=O)C(C)(C)NC(=O)C2C)CC1. The molecule has 19 heavy (non-hydrogen) atoms. The lowest BCUT2D eigenvalue weighted by molar-refractivity contribution is -0.156. The van der Waals surface area contributed by atoms with E-state index >= 15 is 0 Å². The molecule has 1 N–H and O–H groups in total. The van der Waals surface area contributed by atoms with Gasteiger partial charge in [0.1, 0.15) is 11.6 Å². The largest absolute Gasteiger partial charge is 0.340 e. The minimum Gasteiger partial charge on any atom is -0.340 e. The monoisotopic (exact) mass is 284 g/mol. The maximum absolute atomic E-state index is 12.6. The summed E-state index contributed by atoms with van der Waals surface area (Å²) < 4.78 is 0. The minimum atomic E-state index is -0.764. The van der Waals surface area contributed by atoms with Gasteiger partial charge in [-0.3, -0.25) is 9.59 Å². The highest BCUT2D eigenvalue weighted by Gasteiger charge is 2.46. The van der Waals surface area contributed by atoms with Crippen molar-refractivity contribution in [2.24, 2.45) is 0 Å². The third-order valence-corrected chi connectivity index (χ3v) is 5.51. The molecule has 1 unspecified atom stereocenters. The molecule has 2 aliphatic rings. The molecule has 5 heteroatoms. The minimum absolute atomic E-state index is 0.0309. The number of piperazine rings is 1. The first-order valence-electron chi connectivity index (χ1n) is 7.04. The molecule has 1 saturated carbocycles. The summed E-state index contributed by atoms with van der Waals surface area (Å²) in [6, 6.07) is -0.104. The Morgan fingerprint density at radius 1 is 1.21 bits per heavy atom. The van der Waals surface area contributed by atoms with Gasteiger partial charge < -0.3 is 10.2 Å². The standard InChI is InChI=1S/C14H24N2O2S/c1-9-12(17)15-14(2,3)13(18)16(9)10-5-7-11(19-4)8-6-10/h9-11H,5-8H2,1-4H3,(H,15,17). The van der Waals surface area contributed by atoms with Crippen LogP contribution in [0, 0.1) is 0 Å². The Kier molecular flexibility index (Phi) is 4.14. The molecule has 0 aromatic carbocycles. The predicted molar refractivity (Wildman–Crippen MR) is 78.1 cm³/mol. The maximum Gasteiger partial charge on any atom is 0.248 e. The second-order valence-corrected chi connectivity index (χ2v) is 7.31. The van der Waals surface area contributed by atoms with Crippen LogP contribution >= 0.6 is 11.8 Å². The zero-order chi connectivity index (χ0) is 14.2. The lowest BCUT2D eigenvalue weighted by Crippen LogP contribution is -2.69. The highest BCUT2D eigenvalue weighted by molar-refractivity contribution is 7.99. The number of carbonyl (C=O) groups is 2. The molecule has 2 rings (SSSR count). The van der Waals surface area contributed by atoms with E-state index in [0.29, 0.717) is 5.25 Å². The van der Waals surface area contributed by atoms with Gasteiger partial charge in [0.25, 0.3) is 0 Å². The maximum atomic E-state index is 12.6. The average Bonchev–Trinajstić information content (AvgIpc) is 2.37. The van der Waals surface area contributed by atoms with Gasteiger partial charge in [-0.2, -0.15) is 11.8 Å². The van der Waals surface area contributed by atoms with Gasteiger partial charge in [0, 0.05) is 11.3 Å². The van der Waals surface area contributed by atoms with Crippen molar-refractivity contribution in [3.8, 4) is 0 Å². The van der Waals surface area contributed by atoms with Crippen LogP contribution in [0.15, 0.2) is 0 Å². The summed E-state index contributed by atoms with van der Waals surface area (Å²) >= 11 is 1.91. The molecule has 1 atom stereocenters. The van der Waals surface area contributed by atoms with E-state index in [9.17, 15) is 9.59 Å². The van der Waals surface area contributed by atoms with E-state index in [-0.39, 0.29) is 23.9 Å². The topological polar surface area (TPSA) is 49.4 Å². The van der Waals surface area contributed by atoms with Crippen LogP contribution in [0.1, 0.15) is 46.5 Å². The number of hydrogen-bond acceptors (Lipinski definition) is 3. The lowest BCUT2D eigenvalue weighted by Gasteiger charge is -2.47. The van der Waals surface area contributed by atoms with E-state index in [0.717, 1.165) is 25.7 Å². The zero-order valence-corrected chi connectivity index (χ0v) is 13.0. The van der Waals surface area contributed by atoms with Crippen LogP contribution in [0.25, 0.3) is 0 Å². The first kappa shape index (κ1) is 14.7. The quantitative estimate of drug-likeness (QED) is 0.841. The van der Waals surface area contributed by atoms with Crippen LogP contribution in [0.3, 0.4) is 0 Å². The molecular weight excluding hydrogens is 260 g/mol. The van der Waals surface area contributed by atoms with Gasteiger partial charge >= 0.3 is 0 Å². The molecule has 0 aromatic rings. The number of thioether (sulfide) groups is 1. The van der Waals surface area contributed by atoms with Crippen molar-refractivity contribution >= 4 is 23.6 Å². The van der Waals surface area contributed by atoms with Crippen molar-refractivity contribution in [3.05, 3.63) is 0 Å². The van der Waals surface area contributed by atoms with E-state index in [1.54, 1.807) is 13.8 Å². The van der Waals surface area contributed by atoms with Gasteiger partial charge in [0.05, 0.1) is 0 Å². The summed E-state index contributed by atoms with van der Waals surface area (Å²) in [5.41, 5.74) is -0.764. The third-order valence-electron chi connectivity index (χ3n) is 4.37. The zero-order valence-electron chi connectivity index (χ0n) is 12.2. The van der Waals surface area contributed by atoms with Crippen LogP contribution in [-0.4, -0.2) is 45.8 Å². The molecule has 0 bridgehead atoms. The Labute approximate surface area is 119 Å². The fraction of sp³-hybridized carbons (Fsp3) is 0.857. The summed E-state index contributed by atoms with van der Waals surface area (Å²) in [5.74, 6) is 0.0313. The Morgan fingerprint density at radius 2 is 1.79 bits per heavy atom. The second kappa shape index (κ2) is 5.35. The van der Waals surface area contributed by atoms with Crippen molar-refractivity contribution in [1.82, 2.24) is 10.2 Å². The fourth-order valence-corrected chi connectivity index (χ4v) is 3.88. The molecule has 1 aliphatic carbocycles. The summed E-state index contributed by atoms with van der Waals surface area (Å²) in [4.78, 5) is 26.4. The number of carbonyl (C=O) groups excluding carboxylic acids is 2. The smallest absolute Gasteiger partial charge is 0.248 e. The van der Waals surface area contributed by atoms with Crippen molar-refractivity contribution in [1.29, 1.82) is 0 Å². The normalized spacial score (nSPS) is 35.2. The number of nitrogens with one attached hydrogen (secondary N) is 1. The van der Waals surface area contributed by atoms with E-state index in [1.165, 1.54) is 0 Å². The molecule has 4 nitrogen and oxygen atoms in total. The summed E-state index contributed by atoms with van der Waals surface area (Å²) in [6.07, 6.45) is 6.47. The van der Waals surface area contributed by atoms with Crippen molar-refractivity contribution in [3.63, 3.8) is 0 Å². The Hall–Kier alpha value is -0.710. The molecule has 0 radical (unpaired) electrons. The molecule has 0 spiro atoms. The fourth-order valence-electron chi connectivity index (χ4n) is 3.13. The number of hydrogen-bond donors (Lipinski definition) is 1. The third kappa shape index (κ3) is 2.76. The molecule has 2 fully saturated rings. The van der Waals surface area contributed by atoms with E-state index in [4.69, 9.17) is 0 Å². The molecule has 1 aliphatic heterocycles. The van der Waals surface area contributed by atoms with Gasteiger partial charge in [-0.25, -0.2) is 0 Å². The molecule has 0 aromatic heterocycles. The van der Waals surface area contributed by atoms with Gasteiger partial charge in [-0.15, -0.1) is 0 Å². The van der Waals surface area contributed by atoms with Crippen molar-refractivity contribution in [2.45, 2.75) is 69.3 Å². The highest BCUT2D eigenvalue weighted by atomic mass is 32.2. The molecule has 2 amide bonds. The summed E-state index contributed by atoms with van der Waals surface area (Å²) in [5, 5.41) is 3.53. The van der Waals surface area contributed by atoms with Crippen molar-refractivity contribution < 1.29 is 9.59 Å². The van der Waals surface area contributed by atoms with Crippen LogP contribution < -0.4 is 5.32 Å². The Morgan fingerprint density at radius 3 is 2.32 bits per heavy atom. The van der Waals surface area contributed by atoms with Crippen LogP contribution in [0.5, 0.6) is 0 Å². The predicted octanol–water partition coefficient (Wildman–Crippen LogP) is 1.79. The molecule has 108 valence electrons. The average molecular weight is 284 g/mol. The van der Waals surface area contributed by atoms with Gasteiger partial charge in [0.2, 0.25) is 11.8 Å². The summed E-state index contributed by atoms with van der Waals surface area (Å²) in [7, 11) is 0. The molecule has 1 heterocycles. The van der Waals surface area contributed by atoms with E-state index in [2.05, 4.69) is 11.6 Å². The number of rotatable bonds is 2. The lowest BCUT2D eigenvalue weighted by atomic mass is 9.88. The Bertz CT molecular complexity index is 376. The van der Waals surface area contributed by atoms with E-state index < -0.39 is 5.54 Å². The van der Waals surface area contributed by atoms with Crippen LogP contribution in [-0.2, 0) is 9.59 Å². The van der Waals surface area contributed by atoms with Crippen molar-refractivity contribution in [2.75, 3.05) is 6.26 Å². The first-order chi connectivity index (χ1) is 8.86. The van der Waals surface area contributed by atoms with Crippen LogP contribution in [0.2, 0.25) is 0 Å². The second-order valence-electron chi connectivity index (χ2n) is 6.17. The highest BCUT2D eigenvalue weighted by Crippen LogP contribution is 2.32. The van der Waals surface area contributed by atoms with Gasteiger partial charge in [0.15, 0.2) is 0 Å². The number of amides is 2. The first-order valence-corrected chi connectivity index (χ1v) is 8.33. The van der Waals surface area contributed by atoms with E-state index in [1.807, 2.05) is 23.6 Å². The molecular formula is C14H24N2O2S. The van der Waals surface area contributed by atoms with Crippen LogP contribution in [0.4, 0.5) is 0 Å². The number of nitrogens with zero attached hydrogens (tertiary/aromatic N) is 1. The Balaban J connectivity index is 2.13. The molecule has 1 saturated heterocycles. The summed E-state index contributed by atoms with van der Waals surface area (Å²) in [6.45, 7) is 5.42. The van der Waals surface area contributed by atoms with Gasteiger partial charge in [-0.05, 0) is 52.7 Å². The van der Waals surface area contributed by atoms with Gasteiger partial charge in [-0.1, -0.05) is 0 Å².